The highest BCUT2D eigenvalue weighted by Crippen LogP contribution is 2.20. The smallest absolute Gasteiger partial charge is 0.258 e. The van der Waals surface area contributed by atoms with Crippen LogP contribution in [0, 0.1) is 18.3 Å². The predicted molar refractivity (Wildman–Crippen MR) is 68.0 cm³/mol. The van der Waals surface area contributed by atoms with Gasteiger partial charge in [0.15, 0.2) is 0 Å². The van der Waals surface area contributed by atoms with E-state index in [1.807, 2.05) is 13.0 Å². The van der Waals surface area contributed by atoms with E-state index in [2.05, 4.69) is 25.1 Å². The van der Waals surface area contributed by atoms with Gasteiger partial charge in [-0.15, -0.1) is 0 Å². The first-order chi connectivity index (χ1) is 9.76. The molecule has 96 valence electrons. The molecule has 3 rings (SSSR count). The van der Waals surface area contributed by atoms with Crippen molar-refractivity contribution in [3.8, 4) is 29.2 Å². The molecule has 0 saturated carbocycles. The highest BCUT2D eigenvalue weighted by molar-refractivity contribution is 5.56. The summed E-state index contributed by atoms with van der Waals surface area (Å²) in [5.74, 6) is 0.985. The minimum Gasteiger partial charge on any atom is -0.333 e. The van der Waals surface area contributed by atoms with Crippen LogP contribution in [0.25, 0.3) is 23.1 Å². The summed E-state index contributed by atoms with van der Waals surface area (Å²) >= 11 is 0. The Balaban J connectivity index is 1.97. The van der Waals surface area contributed by atoms with Gasteiger partial charge in [-0.25, -0.2) is 15.0 Å². The zero-order valence-corrected chi connectivity index (χ0v) is 10.5. The van der Waals surface area contributed by atoms with E-state index in [4.69, 9.17) is 9.78 Å². The van der Waals surface area contributed by atoms with E-state index in [1.165, 1.54) is 6.20 Å². The van der Waals surface area contributed by atoms with Gasteiger partial charge in [0.1, 0.15) is 11.8 Å². The standard InChI is InChI=1S/C13H8N6O/c1-8-6-16-11(17-7-8)12-18-13(20-19-12)9-2-3-15-10(4-9)5-14/h2-4,6-7H,1H3. The summed E-state index contributed by atoms with van der Waals surface area (Å²) in [5.41, 5.74) is 1.86. The second kappa shape index (κ2) is 4.85. The van der Waals surface area contributed by atoms with Crippen molar-refractivity contribution in [3.63, 3.8) is 0 Å². The summed E-state index contributed by atoms with van der Waals surface area (Å²) in [6, 6.07) is 5.22. The first-order valence-corrected chi connectivity index (χ1v) is 5.75. The van der Waals surface area contributed by atoms with Crippen molar-refractivity contribution in [3.05, 3.63) is 42.0 Å². The highest BCUT2D eigenvalue weighted by Gasteiger charge is 2.13. The molecule has 0 radical (unpaired) electrons. The minimum atomic E-state index is 0.286. The molecule has 0 fully saturated rings. The first kappa shape index (κ1) is 11.9. The van der Waals surface area contributed by atoms with Crippen molar-refractivity contribution in [2.75, 3.05) is 0 Å². The monoisotopic (exact) mass is 264 g/mol. The van der Waals surface area contributed by atoms with Crippen LogP contribution in [0.15, 0.2) is 35.2 Å². The van der Waals surface area contributed by atoms with Crippen molar-refractivity contribution in [1.82, 2.24) is 25.1 Å². The molecule has 7 nitrogen and oxygen atoms in total. The number of nitriles is 1. The molecule has 7 heteroatoms. The lowest BCUT2D eigenvalue weighted by Crippen LogP contribution is -1.91. The minimum absolute atomic E-state index is 0.286. The van der Waals surface area contributed by atoms with E-state index in [9.17, 15) is 0 Å². The molecule has 3 aromatic heterocycles. The summed E-state index contributed by atoms with van der Waals surface area (Å²) < 4.78 is 5.16. The number of pyridine rings is 1. The number of hydrogen-bond acceptors (Lipinski definition) is 7. The molecule has 3 heterocycles. The van der Waals surface area contributed by atoms with Gasteiger partial charge in [-0.1, -0.05) is 5.16 Å². The zero-order valence-electron chi connectivity index (χ0n) is 10.5. The number of aryl methyl sites for hydroxylation is 1. The average Bonchev–Trinajstić information content (AvgIpc) is 2.98. The Bertz CT molecular complexity index is 787. The van der Waals surface area contributed by atoms with Crippen molar-refractivity contribution in [2.24, 2.45) is 0 Å². The Morgan fingerprint density at radius 1 is 1.15 bits per heavy atom. The second-order valence-electron chi connectivity index (χ2n) is 4.05. The lowest BCUT2D eigenvalue weighted by Gasteiger charge is -1.93. The summed E-state index contributed by atoms with van der Waals surface area (Å²) in [7, 11) is 0. The molecule has 3 aromatic rings. The van der Waals surface area contributed by atoms with Crippen LogP contribution in [0.1, 0.15) is 11.3 Å². The van der Waals surface area contributed by atoms with Crippen LogP contribution in [-0.2, 0) is 0 Å². The van der Waals surface area contributed by atoms with Crippen LogP contribution in [-0.4, -0.2) is 25.1 Å². The molecule has 0 aliphatic heterocycles. The fourth-order valence-electron chi connectivity index (χ4n) is 1.56. The third-order valence-electron chi connectivity index (χ3n) is 2.53. The van der Waals surface area contributed by atoms with Gasteiger partial charge >= 0.3 is 0 Å². The van der Waals surface area contributed by atoms with E-state index in [1.54, 1.807) is 24.5 Å². The van der Waals surface area contributed by atoms with Crippen LogP contribution < -0.4 is 0 Å². The van der Waals surface area contributed by atoms with Crippen LogP contribution in [0.4, 0.5) is 0 Å². The molecule has 0 aliphatic carbocycles. The molecule has 0 aromatic carbocycles. The lowest BCUT2D eigenvalue weighted by atomic mass is 10.2. The topological polar surface area (TPSA) is 101 Å². The van der Waals surface area contributed by atoms with Crippen molar-refractivity contribution in [2.45, 2.75) is 6.92 Å². The van der Waals surface area contributed by atoms with Crippen LogP contribution in [0.2, 0.25) is 0 Å². The van der Waals surface area contributed by atoms with Crippen molar-refractivity contribution < 1.29 is 4.52 Å². The maximum absolute atomic E-state index is 8.82. The zero-order chi connectivity index (χ0) is 13.9. The Hall–Kier alpha value is -3.14. The predicted octanol–water partition coefficient (Wildman–Crippen LogP) is 1.77. The molecule has 0 bridgehead atoms. The lowest BCUT2D eigenvalue weighted by molar-refractivity contribution is 0.432. The van der Waals surface area contributed by atoms with Gasteiger partial charge in [0.25, 0.3) is 5.89 Å². The Labute approximate surface area is 114 Å². The summed E-state index contributed by atoms with van der Waals surface area (Å²) in [5, 5.41) is 12.7. The number of nitrogens with zero attached hydrogens (tertiary/aromatic N) is 6. The van der Waals surface area contributed by atoms with Crippen LogP contribution in [0.3, 0.4) is 0 Å². The van der Waals surface area contributed by atoms with E-state index < -0.39 is 0 Å². The molecule has 0 atom stereocenters. The molecule has 0 spiro atoms. The van der Waals surface area contributed by atoms with E-state index in [-0.39, 0.29) is 5.69 Å². The number of hydrogen-bond donors (Lipinski definition) is 0. The van der Waals surface area contributed by atoms with Gasteiger partial charge < -0.3 is 4.52 Å². The fraction of sp³-hybridized carbons (Fsp3) is 0.0769. The second-order valence-corrected chi connectivity index (χ2v) is 4.05. The maximum Gasteiger partial charge on any atom is 0.258 e. The average molecular weight is 264 g/mol. The molecule has 0 N–H and O–H groups in total. The fourth-order valence-corrected chi connectivity index (χ4v) is 1.56. The molecular weight excluding hydrogens is 256 g/mol. The quantitative estimate of drug-likeness (QED) is 0.694. The van der Waals surface area contributed by atoms with Crippen LogP contribution in [0.5, 0.6) is 0 Å². The van der Waals surface area contributed by atoms with E-state index in [0.29, 0.717) is 23.1 Å². The molecule has 0 aliphatic rings. The molecular formula is C13H8N6O. The number of rotatable bonds is 2. The normalized spacial score (nSPS) is 10.2. The van der Waals surface area contributed by atoms with Gasteiger partial charge in [-0.3, -0.25) is 0 Å². The van der Waals surface area contributed by atoms with Crippen molar-refractivity contribution >= 4 is 0 Å². The van der Waals surface area contributed by atoms with Crippen LogP contribution >= 0.6 is 0 Å². The molecule has 0 saturated heterocycles. The molecule has 0 amide bonds. The van der Waals surface area contributed by atoms with Gasteiger partial charge in [-0.2, -0.15) is 10.2 Å². The summed E-state index contributed by atoms with van der Waals surface area (Å²) in [4.78, 5) is 16.4. The largest absolute Gasteiger partial charge is 0.333 e. The number of aromatic nitrogens is 5. The maximum atomic E-state index is 8.82. The first-order valence-electron chi connectivity index (χ1n) is 5.75. The molecule has 0 unspecified atom stereocenters. The van der Waals surface area contributed by atoms with Crippen molar-refractivity contribution in [1.29, 1.82) is 5.26 Å². The Morgan fingerprint density at radius 3 is 2.70 bits per heavy atom. The summed E-state index contributed by atoms with van der Waals surface area (Å²) in [6.07, 6.45) is 4.87. The van der Waals surface area contributed by atoms with Gasteiger partial charge in [0.05, 0.1) is 0 Å². The van der Waals surface area contributed by atoms with Gasteiger partial charge in [0, 0.05) is 24.2 Å². The highest BCUT2D eigenvalue weighted by atomic mass is 16.5. The Morgan fingerprint density at radius 2 is 1.95 bits per heavy atom. The third-order valence-corrected chi connectivity index (χ3v) is 2.53. The summed E-state index contributed by atoms with van der Waals surface area (Å²) in [6.45, 7) is 1.89. The third kappa shape index (κ3) is 2.22. The van der Waals surface area contributed by atoms with E-state index >= 15 is 0 Å². The molecule has 20 heavy (non-hydrogen) atoms. The van der Waals surface area contributed by atoms with E-state index in [0.717, 1.165) is 5.56 Å². The SMILES string of the molecule is Cc1cnc(-c2noc(-c3ccnc(C#N)c3)n2)nc1. The van der Waals surface area contributed by atoms with Gasteiger partial charge in [-0.05, 0) is 24.6 Å². The van der Waals surface area contributed by atoms with Gasteiger partial charge in [0.2, 0.25) is 11.6 Å². The Kier molecular flexibility index (Phi) is 2.89.